The molecule has 0 spiro atoms. The number of piperazine rings is 1. The van der Waals surface area contributed by atoms with E-state index in [0.717, 1.165) is 12.1 Å². The molecule has 2 aromatic carbocycles. The number of carbonyl (C=O) groups is 1. The van der Waals surface area contributed by atoms with Crippen molar-refractivity contribution in [1.29, 1.82) is 0 Å². The quantitative estimate of drug-likeness (QED) is 0.308. The van der Waals surface area contributed by atoms with E-state index in [4.69, 9.17) is 9.47 Å². The Morgan fingerprint density at radius 1 is 0.902 bits per heavy atom. The third-order valence-electron chi connectivity index (χ3n) is 7.03. The van der Waals surface area contributed by atoms with Crippen molar-refractivity contribution in [3.63, 3.8) is 0 Å². The highest BCUT2D eigenvalue weighted by molar-refractivity contribution is 5.69. The Hall–Kier alpha value is -2.95. The van der Waals surface area contributed by atoms with E-state index < -0.39 is 41.8 Å². The number of ether oxygens (including phenoxy) is 2. The van der Waals surface area contributed by atoms with Crippen LogP contribution in [0.1, 0.15) is 64.7 Å². The number of nitrogens with zero attached hydrogens (tertiary/aromatic N) is 2. The van der Waals surface area contributed by atoms with Crippen LogP contribution in [0.4, 0.5) is 36.8 Å². The normalized spacial score (nSPS) is 18.9. The largest absolute Gasteiger partial charge is 0.444 e. The van der Waals surface area contributed by atoms with Gasteiger partial charge in [-0.15, -0.1) is 0 Å². The molecule has 1 fully saturated rings. The number of rotatable bonds is 7. The summed E-state index contributed by atoms with van der Waals surface area (Å²) in [6, 6.07) is 10.0. The zero-order chi connectivity index (χ0) is 30.8. The van der Waals surface area contributed by atoms with Gasteiger partial charge in [0, 0.05) is 36.4 Å². The van der Waals surface area contributed by atoms with Crippen molar-refractivity contribution < 1.29 is 40.6 Å². The average molecular weight is 589 g/mol. The van der Waals surface area contributed by atoms with Crippen LogP contribution >= 0.6 is 0 Å². The second-order valence-corrected chi connectivity index (χ2v) is 11.5. The van der Waals surface area contributed by atoms with Crippen LogP contribution < -0.4 is 4.90 Å². The van der Waals surface area contributed by atoms with E-state index in [2.05, 4.69) is 0 Å². The first-order chi connectivity index (χ1) is 18.9. The van der Waals surface area contributed by atoms with Crippen LogP contribution in [0.15, 0.2) is 48.5 Å². The van der Waals surface area contributed by atoms with Crippen LogP contribution in [0.3, 0.4) is 0 Å². The number of hydrogen-bond donors (Lipinski definition) is 0. The molecule has 0 saturated carbocycles. The highest BCUT2D eigenvalue weighted by Crippen LogP contribution is 2.54. The average Bonchev–Trinajstić information content (AvgIpc) is 2.84. The van der Waals surface area contributed by atoms with E-state index in [1.165, 1.54) is 30.3 Å². The van der Waals surface area contributed by atoms with E-state index >= 15 is 0 Å². The fourth-order valence-corrected chi connectivity index (χ4v) is 5.09. The molecular formula is C30H38F6N2O3. The SMILES string of the molecule is CCCc1cc(C(OCc2ccccc2)(C(F)(F)F)C(F)(F)F)ccc1N1CC(C)N(C(=O)OC(C)(C)C)CC1C. The third-order valence-corrected chi connectivity index (χ3v) is 7.03. The zero-order valence-corrected chi connectivity index (χ0v) is 24.2. The highest BCUT2D eigenvalue weighted by atomic mass is 19.4. The first-order valence-electron chi connectivity index (χ1n) is 13.6. The standard InChI is InChI=1S/C30H38F6N2O3/c1-7-11-23-16-24(28(29(31,32)33,30(34,35)36)40-19-22-12-9-8-10-13-22)14-15-25(23)37-17-21(3)38(18-20(37)2)26(39)41-27(4,5)6/h8-10,12-16,20-21H,7,11,17-19H2,1-6H3. The molecule has 1 aliphatic heterocycles. The van der Waals surface area contributed by atoms with E-state index in [-0.39, 0.29) is 30.6 Å². The maximum absolute atomic E-state index is 14.5. The van der Waals surface area contributed by atoms with Gasteiger partial charge in [0.25, 0.3) is 5.60 Å². The molecule has 0 bridgehead atoms. The van der Waals surface area contributed by atoms with Gasteiger partial charge in [-0.05, 0) is 58.2 Å². The minimum Gasteiger partial charge on any atom is -0.444 e. The monoisotopic (exact) mass is 588 g/mol. The number of hydrogen-bond acceptors (Lipinski definition) is 4. The number of alkyl halides is 6. The molecular weight excluding hydrogens is 550 g/mol. The molecule has 0 aliphatic carbocycles. The number of benzene rings is 2. The lowest BCUT2D eigenvalue weighted by atomic mass is 9.88. The lowest BCUT2D eigenvalue weighted by Gasteiger charge is -2.46. The molecule has 1 heterocycles. The van der Waals surface area contributed by atoms with Gasteiger partial charge in [-0.1, -0.05) is 55.8 Å². The molecule has 1 aliphatic rings. The second-order valence-electron chi connectivity index (χ2n) is 11.5. The Kier molecular flexibility index (Phi) is 9.62. The molecule has 1 amide bonds. The van der Waals surface area contributed by atoms with Crippen LogP contribution in [-0.4, -0.2) is 54.1 Å². The lowest BCUT2D eigenvalue weighted by Crippen LogP contribution is -2.59. The van der Waals surface area contributed by atoms with Crippen LogP contribution in [-0.2, 0) is 28.1 Å². The number of aryl methyl sites for hydroxylation is 1. The predicted octanol–water partition coefficient (Wildman–Crippen LogP) is 8.01. The summed E-state index contributed by atoms with van der Waals surface area (Å²) in [4.78, 5) is 16.3. The maximum atomic E-state index is 14.5. The molecule has 2 aromatic rings. The Morgan fingerprint density at radius 2 is 1.51 bits per heavy atom. The first kappa shape index (κ1) is 32.6. The van der Waals surface area contributed by atoms with Crippen molar-refractivity contribution in [2.75, 3.05) is 18.0 Å². The molecule has 228 valence electrons. The van der Waals surface area contributed by atoms with E-state index in [9.17, 15) is 31.1 Å². The number of carbonyl (C=O) groups excluding carboxylic acids is 1. The van der Waals surface area contributed by atoms with Crippen LogP contribution in [0.5, 0.6) is 0 Å². The summed E-state index contributed by atoms with van der Waals surface area (Å²) < 4.78 is 97.2. The van der Waals surface area contributed by atoms with Crippen molar-refractivity contribution in [3.05, 3.63) is 65.2 Å². The molecule has 2 atom stereocenters. The van der Waals surface area contributed by atoms with Gasteiger partial charge in [-0.2, -0.15) is 26.3 Å². The number of anilines is 1. The van der Waals surface area contributed by atoms with Gasteiger partial charge in [0.1, 0.15) is 5.60 Å². The van der Waals surface area contributed by atoms with Crippen molar-refractivity contribution in [2.24, 2.45) is 0 Å². The lowest BCUT2D eigenvalue weighted by molar-refractivity contribution is -0.392. The molecule has 5 nitrogen and oxygen atoms in total. The maximum Gasteiger partial charge on any atom is 0.430 e. The first-order valence-corrected chi connectivity index (χ1v) is 13.6. The fraction of sp³-hybridized carbons (Fsp3) is 0.567. The van der Waals surface area contributed by atoms with Gasteiger partial charge < -0.3 is 19.3 Å². The molecule has 3 rings (SSSR count). The highest BCUT2D eigenvalue weighted by Gasteiger charge is 2.73. The minimum absolute atomic E-state index is 0.182. The topological polar surface area (TPSA) is 42.0 Å². The molecule has 0 radical (unpaired) electrons. The van der Waals surface area contributed by atoms with Crippen molar-refractivity contribution in [3.8, 4) is 0 Å². The number of halogens is 6. The molecule has 1 saturated heterocycles. The molecule has 0 aromatic heterocycles. The van der Waals surface area contributed by atoms with Gasteiger partial charge in [-0.3, -0.25) is 0 Å². The molecule has 11 heteroatoms. The van der Waals surface area contributed by atoms with Gasteiger partial charge in [0.15, 0.2) is 0 Å². The summed E-state index contributed by atoms with van der Waals surface area (Å²) in [6.45, 7) is 10.5. The van der Waals surface area contributed by atoms with Gasteiger partial charge >= 0.3 is 18.4 Å². The van der Waals surface area contributed by atoms with Gasteiger partial charge in [0.05, 0.1) is 6.61 Å². The summed E-state index contributed by atoms with van der Waals surface area (Å²) >= 11 is 0. The Morgan fingerprint density at radius 3 is 2.05 bits per heavy atom. The van der Waals surface area contributed by atoms with E-state index in [0.29, 0.717) is 24.2 Å². The molecule has 0 N–H and O–H groups in total. The summed E-state index contributed by atoms with van der Waals surface area (Å²) in [7, 11) is 0. The van der Waals surface area contributed by atoms with Crippen molar-refractivity contribution in [2.45, 2.75) is 96.6 Å². The Bertz CT molecular complexity index is 1160. The summed E-state index contributed by atoms with van der Waals surface area (Å²) in [6.07, 6.45) is -11.3. The molecule has 2 unspecified atom stereocenters. The van der Waals surface area contributed by atoms with Crippen LogP contribution in [0, 0.1) is 0 Å². The fourth-order valence-electron chi connectivity index (χ4n) is 5.09. The number of amides is 1. The van der Waals surface area contributed by atoms with E-state index in [1.807, 2.05) is 18.7 Å². The Balaban J connectivity index is 2.03. The van der Waals surface area contributed by atoms with Crippen LogP contribution in [0.2, 0.25) is 0 Å². The summed E-state index contributed by atoms with van der Waals surface area (Å²) in [5.41, 5.74) is -5.18. The van der Waals surface area contributed by atoms with Gasteiger partial charge in [0.2, 0.25) is 0 Å². The van der Waals surface area contributed by atoms with Crippen LogP contribution in [0.25, 0.3) is 0 Å². The third kappa shape index (κ3) is 7.10. The summed E-state index contributed by atoms with van der Waals surface area (Å²) in [5.74, 6) is 0. The molecule has 41 heavy (non-hydrogen) atoms. The van der Waals surface area contributed by atoms with Crippen molar-refractivity contribution >= 4 is 11.8 Å². The predicted molar refractivity (Wildman–Crippen MR) is 145 cm³/mol. The van der Waals surface area contributed by atoms with E-state index in [1.54, 1.807) is 38.7 Å². The Labute approximate surface area is 237 Å². The zero-order valence-electron chi connectivity index (χ0n) is 24.2. The van der Waals surface area contributed by atoms with Crippen molar-refractivity contribution in [1.82, 2.24) is 4.90 Å². The smallest absolute Gasteiger partial charge is 0.430 e. The summed E-state index contributed by atoms with van der Waals surface area (Å²) in [5, 5.41) is 0. The second kappa shape index (κ2) is 12.1. The minimum atomic E-state index is -5.79. The van der Waals surface area contributed by atoms with Gasteiger partial charge in [-0.25, -0.2) is 4.79 Å².